The molecule has 128 valence electrons. The molecule has 0 unspecified atom stereocenters. The Morgan fingerprint density at radius 2 is 1.96 bits per heavy atom. The number of nitriles is 1. The van der Waals surface area contributed by atoms with E-state index in [2.05, 4.69) is 25.9 Å². The lowest BCUT2D eigenvalue weighted by molar-refractivity contribution is 0.0698. The van der Waals surface area contributed by atoms with Crippen molar-refractivity contribution in [2.24, 2.45) is 0 Å². The number of aromatic carboxylic acids is 1. The van der Waals surface area contributed by atoms with Crippen LogP contribution in [0.25, 0.3) is 16.7 Å². The SMILES string of the molecule is Cc1ccc(-c2ccc(NC=C(C#N)c3nn[nH]n3)c(C(=O)O)c2)cc1. The Balaban J connectivity index is 1.94. The molecule has 3 N–H and O–H groups in total. The second-order valence-corrected chi connectivity index (χ2v) is 5.48. The maximum Gasteiger partial charge on any atom is 0.337 e. The number of aromatic nitrogens is 4. The van der Waals surface area contributed by atoms with Crippen molar-refractivity contribution in [2.75, 3.05) is 5.32 Å². The molecule has 26 heavy (non-hydrogen) atoms. The van der Waals surface area contributed by atoms with Crippen molar-refractivity contribution in [1.82, 2.24) is 20.6 Å². The molecular weight excluding hydrogens is 332 g/mol. The molecule has 0 saturated carbocycles. The van der Waals surface area contributed by atoms with Gasteiger partial charge in [-0.2, -0.15) is 10.5 Å². The molecule has 0 atom stereocenters. The fourth-order valence-corrected chi connectivity index (χ4v) is 2.35. The second kappa shape index (κ2) is 7.27. The quantitative estimate of drug-likeness (QED) is 0.606. The van der Waals surface area contributed by atoms with Gasteiger partial charge in [0.25, 0.3) is 0 Å². The van der Waals surface area contributed by atoms with Crippen molar-refractivity contribution < 1.29 is 9.90 Å². The van der Waals surface area contributed by atoms with Gasteiger partial charge in [0.15, 0.2) is 0 Å². The summed E-state index contributed by atoms with van der Waals surface area (Å²) in [6.45, 7) is 1.99. The Morgan fingerprint density at radius 3 is 2.58 bits per heavy atom. The van der Waals surface area contributed by atoms with Crippen LogP contribution in [0.2, 0.25) is 0 Å². The first-order valence-electron chi connectivity index (χ1n) is 7.63. The van der Waals surface area contributed by atoms with E-state index in [9.17, 15) is 15.2 Å². The third-order valence-electron chi connectivity index (χ3n) is 3.71. The monoisotopic (exact) mass is 346 g/mol. The van der Waals surface area contributed by atoms with E-state index in [1.54, 1.807) is 12.1 Å². The summed E-state index contributed by atoms with van der Waals surface area (Å²) in [7, 11) is 0. The zero-order chi connectivity index (χ0) is 18.5. The van der Waals surface area contributed by atoms with Crippen LogP contribution in [0.4, 0.5) is 5.69 Å². The predicted octanol–water partition coefficient (Wildman–Crippen LogP) is 2.85. The lowest BCUT2D eigenvalue weighted by Gasteiger charge is -2.09. The van der Waals surface area contributed by atoms with Crippen molar-refractivity contribution in [2.45, 2.75) is 6.92 Å². The summed E-state index contributed by atoms with van der Waals surface area (Å²) in [6, 6.07) is 14.8. The van der Waals surface area contributed by atoms with E-state index in [0.717, 1.165) is 16.7 Å². The molecule has 1 heterocycles. The highest BCUT2D eigenvalue weighted by atomic mass is 16.4. The largest absolute Gasteiger partial charge is 0.478 e. The topological polar surface area (TPSA) is 128 Å². The molecule has 8 heteroatoms. The number of H-pyrrole nitrogens is 1. The summed E-state index contributed by atoms with van der Waals surface area (Å²) in [5.41, 5.74) is 3.40. The lowest BCUT2D eigenvalue weighted by Crippen LogP contribution is -2.03. The van der Waals surface area contributed by atoms with E-state index < -0.39 is 5.97 Å². The Labute approximate surface area is 148 Å². The number of hydrogen-bond donors (Lipinski definition) is 3. The Kier molecular flexibility index (Phi) is 4.71. The summed E-state index contributed by atoms with van der Waals surface area (Å²) >= 11 is 0. The number of aromatic amines is 1. The van der Waals surface area contributed by atoms with E-state index in [0.29, 0.717) is 5.69 Å². The van der Waals surface area contributed by atoms with Gasteiger partial charge in [-0.25, -0.2) is 4.79 Å². The lowest BCUT2D eigenvalue weighted by atomic mass is 10.0. The molecule has 0 aliphatic heterocycles. The van der Waals surface area contributed by atoms with E-state index in [4.69, 9.17) is 0 Å². The minimum atomic E-state index is -1.08. The molecule has 1 aromatic heterocycles. The Hall–Kier alpha value is -3.99. The van der Waals surface area contributed by atoms with Crippen LogP contribution >= 0.6 is 0 Å². The van der Waals surface area contributed by atoms with Crippen molar-refractivity contribution in [1.29, 1.82) is 5.26 Å². The van der Waals surface area contributed by atoms with E-state index in [1.165, 1.54) is 6.20 Å². The molecule has 2 aromatic carbocycles. The number of rotatable bonds is 5. The Bertz CT molecular complexity index is 1000. The number of nitrogens with one attached hydrogen (secondary N) is 2. The van der Waals surface area contributed by atoms with Gasteiger partial charge in [0.1, 0.15) is 11.6 Å². The third kappa shape index (κ3) is 3.57. The van der Waals surface area contributed by atoms with Crippen LogP contribution in [0.1, 0.15) is 21.7 Å². The molecule has 0 aliphatic carbocycles. The van der Waals surface area contributed by atoms with Crippen LogP contribution in [0.3, 0.4) is 0 Å². The minimum Gasteiger partial charge on any atom is -0.478 e. The maximum atomic E-state index is 11.6. The van der Waals surface area contributed by atoms with Crippen LogP contribution in [0.5, 0.6) is 0 Å². The number of anilines is 1. The summed E-state index contributed by atoms with van der Waals surface area (Å²) in [5, 5.41) is 34.6. The Morgan fingerprint density at radius 1 is 1.23 bits per heavy atom. The van der Waals surface area contributed by atoms with E-state index >= 15 is 0 Å². The van der Waals surface area contributed by atoms with Crippen molar-refractivity contribution in [3.8, 4) is 17.2 Å². The van der Waals surface area contributed by atoms with Crippen LogP contribution in [0, 0.1) is 18.3 Å². The summed E-state index contributed by atoms with van der Waals surface area (Å²) in [5.74, 6) is -0.957. The number of benzene rings is 2. The van der Waals surface area contributed by atoms with E-state index in [1.807, 2.05) is 43.3 Å². The number of tetrazole rings is 1. The molecule has 0 saturated heterocycles. The van der Waals surface area contributed by atoms with Gasteiger partial charge in [-0.1, -0.05) is 35.9 Å². The number of hydrogen-bond acceptors (Lipinski definition) is 6. The van der Waals surface area contributed by atoms with Crippen molar-refractivity contribution in [3.05, 3.63) is 65.6 Å². The van der Waals surface area contributed by atoms with Gasteiger partial charge in [0.2, 0.25) is 5.82 Å². The summed E-state index contributed by atoms with van der Waals surface area (Å²) in [6.07, 6.45) is 1.35. The van der Waals surface area contributed by atoms with Gasteiger partial charge in [-0.3, -0.25) is 0 Å². The minimum absolute atomic E-state index is 0.0877. The average Bonchev–Trinajstić information content (AvgIpc) is 3.17. The van der Waals surface area contributed by atoms with Gasteiger partial charge >= 0.3 is 5.97 Å². The van der Waals surface area contributed by atoms with Gasteiger partial charge in [-0.05, 0) is 35.4 Å². The number of carbonyl (C=O) groups is 1. The van der Waals surface area contributed by atoms with Crippen molar-refractivity contribution in [3.63, 3.8) is 0 Å². The smallest absolute Gasteiger partial charge is 0.337 e. The molecule has 3 aromatic rings. The van der Waals surface area contributed by atoms with Gasteiger partial charge in [0.05, 0.1) is 11.3 Å². The fraction of sp³-hybridized carbons (Fsp3) is 0.0556. The van der Waals surface area contributed by atoms with Gasteiger partial charge < -0.3 is 10.4 Å². The second-order valence-electron chi connectivity index (χ2n) is 5.48. The zero-order valence-electron chi connectivity index (χ0n) is 13.8. The normalized spacial score (nSPS) is 11.0. The van der Waals surface area contributed by atoms with E-state index in [-0.39, 0.29) is 17.0 Å². The number of carboxylic acid groups (broad SMARTS) is 1. The average molecular weight is 346 g/mol. The molecule has 0 aliphatic rings. The number of carboxylic acids is 1. The zero-order valence-corrected chi connectivity index (χ0v) is 13.8. The number of allylic oxidation sites excluding steroid dienone is 1. The number of aryl methyl sites for hydroxylation is 1. The molecule has 0 radical (unpaired) electrons. The molecule has 8 nitrogen and oxygen atoms in total. The fourth-order valence-electron chi connectivity index (χ4n) is 2.35. The highest BCUT2D eigenvalue weighted by molar-refractivity contribution is 5.96. The van der Waals surface area contributed by atoms with Gasteiger partial charge in [-0.15, -0.1) is 10.2 Å². The van der Waals surface area contributed by atoms with Gasteiger partial charge in [0, 0.05) is 6.20 Å². The van der Waals surface area contributed by atoms with Crippen LogP contribution in [0.15, 0.2) is 48.7 Å². The predicted molar refractivity (Wildman–Crippen MR) is 95.0 cm³/mol. The van der Waals surface area contributed by atoms with Crippen LogP contribution in [-0.4, -0.2) is 31.7 Å². The summed E-state index contributed by atoms with van der Waals surface area (Å²) < 4.78 is 0. The highest BCUT2D eigenvalue weighted by Gasteiger charge is 2.12. The van der Waals surface area contributed by atoms with Crippen LogP contribution < -0.4 is 5.32 Å². The first-order valence-corrected chi connectivity index (χ1v) is 7.63. The van der Waals surface area contributed by atoms with Crippen LogP contribution in [-0.2, 0) is 0 Å². The summed E-state index contributed by atoms with van der Waals surface area (Å²) in [4.78, 5) is 11.6. The molecule has 0 amide bonds. The maximum absolute atomic E-state index is 11.6. The first kappa shape index (κ1) is 16.9. The molecule has 0 spiro atoms. The third-order valence-corrected chi connectivity index (χ3v) is 3.71. The molecule has 3 rings (SSSR count). The van der Waals surface area contributed by atoms with Crippen molar-refractivity contribution >= 4 is 17.2 Å². The number of nitrogens with zero attached hydrogens (tertiary/aromatic N) is 4. The highest BCUT2D eigenvalue weighted by Crippen LogP contribution is 2.26. The standard InChI is InChI=1S/C18H14N6O2/c1-11-2-4-12(5-3-11)13-6-7-16(15(8-13)18(25)26)20-10-14(9-19)17-21-23-24-22-17/h2-8,10,20H,1H3,(H,25,26)(H,21,22,23,24). The molecule has 0 fully saturated rings. The molecule has 0 bridgehead atoms. The first-order chi connectivity index (χ1) is 12.6. The molecular formula is C18H14N6O2.